The molecule has 0 unspecified atom stereocenters. The topological polar surface area (TPSA) is 75.7 Å². The molecule has 4 rings (SSSR count). The molecule has 6 nitrogen and oxygen atoms in total. The summed E-state index contributed by atoms with van der Waals surface area (Å²) in [6.45, 7) is 5.12. The zero-order valence-electron chi connectivity index (χ0n) is 17.5. The van der Waals surface area contributed by atoms with Crippen LogP contribution in [0.25, 0.3) is 0 Å². The summed E-state index contributed by atoms with van der Waals surface area (Å²) < 4.78 is 28.8. The number of aryl methyl sites for hydroxylation is 1. The lowest BCUT2D eigenvalue weighted by atomic mass is 9.73. The second kappa shape index (κ2) is 8.04. The van der Waals surface area contributed by atoms with Crippen LogP contribution < -0.4 is 10.1 Å². The number of ether oxygens (including phenoxy) is 1. The monoisotopic (exact) mass is 428 g/mol. The number of hydrogen-bond acceptors (Lipinski definition) is 5. The van der Waals surface area contributed by atoms with E-state index in [1.807, 2.05) is 6.07 Å². The Labute approximate surface area is 178 Å². The predicted octanol–water partition coefficient (Wildman–Crippen LogP) is 3.02. The number of rotatable bonds is 6. The van der Waals surface area contributed by atoms with E-state index in [4.69, 9.17) is 4.74 Å². The van der Waals surface area contributed by atoms with Gasteiger partial charge in [0.05, 0.1) is 10.3 Å². The number of carbonyl (C=O) groups is 1. The molecular formula is C23H28N2O4S. The van der Waals surface area contributed by atoms with Crippen molar-refractivity contribution in [2.45, 2.75) is 36.5 Å². The van der Waals surface area contributed by atoms with Gasteiger partial charge < -0.3 is 10.1 Å². The fourth-order valence-corrected chi connectivity index (χ4v) is 5.04. The average molecular weight is 429 g/mol. The van der Waals surface area contributed by atoms with Crippen LogP contribution in [0.4, 0.5) is 5.69 Å². The summed E-state index contributed by atoms with van der Waals surface area (Å²) in [6, 6.07) is 12.8. The van der Waals surface area contributed by atoms with Crippen LogP contribution in [0.3, 0.4) is 0 Å². The maximum atomic E-state index is 12.8. The summed E-state index contributed by atoms with van der Waals surface area (Å²) in [4.78, 5) is 15.4. The first-order valence-corrected chi connectivity index (χ1v) is 12.3. The van der Waals surface area contributed by atoms with Crippen molar-refractivity contribution in [2.24, 2.45) is 0 Å². The molecule has 7 heteroatoms. The van der Waals surface area contributed by atoms with Crippen LogP contribution in [0.5, 0.6) is 5.75 Å². The molecule has 1 N–H and O–H groups in total. The predicted molar refractivity (Wildman–Crippen MR) is 117 cm³/mol. The van der Waals surface area contributed by atoms with Gasteiger partial charge in [0.1, 0.15) is 12.4 Å². The van der Waals surface area contributed by atoms with Gasteiger partial charge in [0.25, 0.3) is 0 Å². The Hall–Kier alpha value is -2.38. The molecule has 0 aliphatic carbocycles. The molecule has 2 aromatic carbocycles. The number of fused-ring (bicyclic) bond motifs is 2. The standard InChI is InChI=1S/C23H28N2O4S/c1-3-17-4-9-21-20(16-17)23(22(26)24-21)10-12-25(13-11-23)14-15-29-18-5-7-19(8-6-18)30(2,27)28/h4-9,16H,3,10-15H2,1-2H3,(H,24,26). The number of piperidine rings is 1. The van der Waals surface area contributed by atoms with E-state index in [2.05, 4.69) is 29.3 Å². The van der Waals surface area contributed by atoms with Crippen LogP contribution in [0.1, 0.15) is 30.9 Å². The third kappa shape index (κ3) is 3.96. The molecular weight excluding hydrogens is 400 g/mol. The minimum absolute atomic E-state index is 0.132. The molecule has 2 aromatic rings. The van der Waals surface area contributed by atoms with Crippen molar-refractivity contribution >= 4 is 21.4 Å². The summed E-state index contributed by atoms with van der Waals surface area (Å²) in [5.41, 5.74) is 2.99. The second-order valence-corrected chi connectivity index (χ2v) is 10.2. The third-order valence-electron chi connectivity index (χ3n) is 6.33. The van der Waals surface area contributed by atoms with Crippen LogP contribution in [0.2, 0.25) is 0 Å². The number of nitrogens with one attached hydrogen (secondary N) is 1. The minimum Gasteiger partial charge on any atom is -0.492 e. The van der Waals surface area contributed by atoms with Crippen LogP contribution in [0.15, 0.2) is 47.4 Å². The Kier molecular flexibility index (Phi) is 5.59. The number of carbonyl (C=O) groups excluding carboxylic acids is 1. The largest absolute Gasteiger partial charge is 0.492 e. The second-order valence-electron chi connectivity index (χ2n) is 8.20. The Balaban J connectivity index is 1.33. The van der Waals surface area contributed by atoms with E-state index in [1.165, 1.54) is 11.8 Å². The van der Waals surface area contributed by atoms with E-state index in [9.17, 15) is 13.2 Å². The highest BCUT2D eigenvalue weighted by Gasteiger charge is 2.48. The van der Waals surface area contributed by atoms with E-state index in [0.717, 1.165) is 50.1 Å². The summed E-state index contributed by atoms with van der Waals surface area (Å²) in [5.74, 6) is 0.791. The first-order chi connectivity index (χ1) is 14.3. The summed E-state index contributed by atoms with van der Waals surface area (Å²) >= 11 is 0. The van der Waals surface area contributed by atoms with Crippen molar-refractivity contribution in [3.05, 3.63) is 53.6 Å². The highest BCUT2D eigenvalue weighted by molar-refractivity contribution is 7.90. The van der Waals surface area contributed by atoms with Crippen LogP contribution >= 0.6 is 0 Å². The van der Waals surface area contributed by atoms with E-state index < -0.39 is 15.3 Å². The van der Waals surface area contributed by atoms with Crippen molar-refractivity contribution in [2.75, 3.05) is 37.8 Å². The molecule has 160 valence electrons. The lowest BCUT2D eigenvalue weighted by molar-refractivity contribution is -0.122. The molecule has 0 saturated carbocycles. The summed E-state index contributed by atoms with van der Waals surface area (Å²) in [5, 5.41) is 3.08. The number of benzene rings is 2. The molecule has 1 saturated heterocycles. The van der Waals surface area contributed by atoms with Gasteiger partial charge in [-0.25, -0.2) is 8.42 Å². The number of hydrogen-bond donors (Lipinski definition) is 1. The van der Waals surface area contributed by atoms with Gasteiger partial charge in [-0.15, -0.1) is 0 Å². The van der Waals surface area contributed by atoms with Crippen LogP contribution in [-0.2, 0) is 26.5 Å². The average Bonchev–Trinajstić information content (AvgIpc) is 3.00. The van der Waals surface area contributed by atoms with Crippen molar-refractivity contribution in [1.82, 2.24) is 4.90 Å². The number of sulfone groups is 1. The van der Waals surface area contributed by atoms with Crippen molar-refractivity contribution in [1.29, 1.82) is 0 Å². The molecule has 1 amide bonds. The fraction of sp³-hybridized carbons (Fsp3) is 0.435. The molecule has 2 aliphatic rings. The maximum absolute atomic E-state index is 12.8. The first-order valence-electron chi connectivity index (χ1n) is 10.4. The summed E-state index contributed by atoms with van der Waals surface area (Å²) in [7, 11) is -3.20. The lowest BCUT2D eigenvalue weighted by Gasteiger charge is -2.38. The Morgan fingerprint density at radius 3 is 2.43 bits per heavy atom. The van der Waals surface area contributed by atoms with Crippen molar-refractivity contribution in [3.8, 4) is 5.75 Å². The lowest BCUT2D eigenvalue weighted by Crippen LogP contribution is -2.47. The maximum Gasteiger partial charge on any atom is 0.235 e. The van der Waals surface area contributed by atoms with Gasteiger partial charge in [-0.1, -0.05) is 19.1 Å². The van der Waals surface area contributed by atoms with Gasteiger partial charge in [0.2, 0.25) is 5.91 Å². The molecule has 1 fully saturated rings. The van der Waals surface area contributed by atoms with Gasteiger partial charge in [-0.3, -0.25) is 9.69 Å². The number of anilines is 1. The third-order valence-corrected chi connectivity index (χ3v) is 7.46. The molecule has 2 aliphatic heterocycles. The van der Waals surface area contributed by atoms with E-state index in [1.54, 1.807) is 24.3 Å². The van der Waals surface area contributed by atoms with Crippen molar-refractivity contribution in [3.63, 3.8) is 0 Å². The molecule has 0 bridgehead atoms. The van der Waals surface area contributed by atoms with Gasteiger partial charge >= 0.3 is 0 Å². The molecule has 1 spiro atoms. The molecule has 0 atom stereocenters. The Morgan fingerprint density at radius 1 is 1.10 bits per heavy atom. The molecule has 30 heavy (non-hydrogen) atoms. The van der Waals surface area contributed by atoms with E-state index >= 15 is 0 Å². The minimum atomic E-state index is -3.20. The van der Waals surface area contributed by atoms with Gasteiger partial charge in [0, 0.05) is 18.5 Å². The highest BCUT2D eigenvalue weighted by Crippen LogP contribution is 2.45. The fourth-order valence-electron chi connectivity index (χ4n) is 4.41. The quantitative estimate of drug-likeness (QED) is 0.766. The number of nitrogens with zero attached hydrogens (tertiary/aromatic N) is 1. The highest BCUT2D eigenvalue weighted by atomic mass is 32.2. The Morgan fingerprint density at radius 2 is 1.80 bits per heavy atom. The van der Waals surface area contributed by atoms with Gasteiger partial charge in [-0.05, 0) is 73.8 Å². The zero-order chi connectivity index (χ0) is 21.4. The van der Waals surface area contributed by atoms with Crippen LogP contribution in [-0.4, -0.2) is 51.7 Å². The molecule has 0 radical (unpaired) electrons. The van der Waals surface area contributed by atoms with Crippen molar-refractivity contribution < 1.29 is 17.9 Å². The van der Waals surface area contributed by atoms with Gasteiger partial charge in [0.15, 0.2) is 9.84 Å². The zero-order valence-corrected chi connectivity index (χ0v) is 18.3. The van der Waals surface area contributed by atoms with E-state index in [0.29, 0.717) is 12.4 Å². The number of likely N-dealkylation sites (tertiary alicyclic amines) is 1. The normalized spacial score (nSPS) is 18.3. The first kappa shape index (κ1) is 20.9. The molecule has 2 heterocycles. The Bertz CT molecular complexity index is 1040. The smallest absolute Gasteiger partial charge is 0.235 e. The van der Waals surface area contributed by atoms with Crippen LogP contribution in [0, 0.1) is 0 Å². The summed E-state index contributed by atoms with van der Waals surface area (Å²) in [6.07, 6.45) is 3.77. The van der Waals surface area contributed by atoms with Gasteiger partial charge in [-0.2, -0.15) is 0 Å². The SMILES string of the molecule is CCc1ccc2c(c1)C1(CCN(CCOc3ccc(S(C)(=O)=O)cc3)CC1)C(=O)N2. The number of amides is 1. The van der Waals surface area contributed by atoms with E-state index in [-0.39, 0.29) is 10.8 Å². The molecule has 0 aromatic heterocycles.